The van der Waals surface area contributed by atoms with E-state index in [9.17, 15) is 8.42 Å². The Balaban J connectivity index is 2.40. The first-order valence-electron chi connectivity index (χ1n) is 5.22. The van der Waals surface area contributed by atoms with Crippen LogP contribution in [0.5, 0.6) is 0 Å². The number of thiophene rings is 1. The largest absolute Gasteiger partial charge is 0.398 e. The summed E-state index contributed by atoms with van der Waals surface area (Å²) in [6.45, 7) is 1.73. The summed E-state index contributed by atoms with van der Waals surface area (Å²) in [6.07, 6.45) is 0. The van der Waals surface area contributed by atoms with Crippen LogP contribution in [0.3, 0.4) is 0 Å². The van der Waals surface area contributed by atoms with Crippen LogP contribution in [-0.2, 0) is 15.6 Å². The van der Waals surface area contributed by atoms with Gasteiger partial charge in [0.1, 0.15) is 0 Å². The molecule has 18 heavy (non-hydrogen) atoms. The van der Waals surface area contributed by atoms with Gasteiger partial charge in [-0.15, -0.1) is 11.3 Å². The minimum Gasteiger partial charge on any atom is -0.398 e. The van der Waals surface area contributed by atoms with Gasteiger partial charge in [0, 0.05) is 10.6 Å². The van der Waals surface area contributed by atoms with Gasteiger partial charge in [-0.3, -0.25) is 0 Å². The van der Waals surface area contributed by atoms with Gasteiger partial charge >= 0.3 is 0 Å². The minimum atomic E-state index is -3.34. The van der Waals surface area contributed by atoms with Crippen molar-refractivity contribution >= 4 is 42.8 Å². The van der Waals surface area contributed by atoms with E-state index in [0.717, 1.165) is 8.66 Å². The summed E-state index contributed by atoms with van der Waals surface area (Å²) >= 11 is 4.75. The maximum Gasteiger partial charge on any atom is 0.183 e. The summed E-state index contributed by atoms with van der Waals surface area (Å²) in [6, 6.07) is 8.63. The van der Waals surface area contributed by atoms with Gasteiger partial charge in [-0.1, -0.05) is 6.07 Å². The second-order valence-corrected chi connectivity index (χ2v) is 8.44. The number of rotatable bonds is 3. The molecule has 2 aromatic rings. The summed E-state index contributed by atoms with van der Waals surface area (Å²) in [4.78, 5) is 1.12. The third-order valence-electron chi connectivity index (χ3n) is 2.62. The summed E-state index contributed by atoms with van der Waals surface area (Å²) in [7, 11) is -3.34. The number of hydrogen-bond donors (Lipinski definition) is 1. The van der Waals surface area contributed by atoms with Crippen molar-refractivity contribution in [1.29, 1.82) is 0 Å². The van der Waals surface area contributed by atoms with E-state index in [4.69, 9.17) is 5.73 Å². The Labute approximate surface area is 119 Å². The smallest absolute Gasteiger partial charge is 0.183 e. The molecule has 6 heteroatoms. The Kier molecular flexibility index (Phi) is 3.79. The molecule has 0 spiro atoms. The SMILES string of the molecule is Cc1c(N)cccc1S(=O)(=O)Cc1ccc(Br)s1. The normalized spacial score (nSPS) is 11.7. The summed E-state index contributed by atoms with van der Waals surface area (Å²) in [5.41, 5.74) is 6.87. The zero-order chi connectivity index (χ0) is 13.3. The standard InChI is InChI=1S/C12H12BrNO2S2/c1-8-10(14)3-2-4-11(8)18(15,16)7-9-5-6-12(13)17-9/h2-6H,7,14H2,1H3. The van der Waals surface area contributed by atoms with E-state index in [2.05, 4.69) is 15.9 Å². The van der Waals surface area contributed by atoms with Crippen LogP contribution in [0.25, 0.3) is 0 Å². The number of nitrogen functional groups attached to an aromatic ring is 1. The van der Waals surface area contributed by atoms with Crippen molar-refractivity contribution in [2.24, 2.45) is 0 Å². The lowest BCUT2D eigenvalue weighted by molar-refractivity contribution is 0.595. The average Bonchev–Trinajstić information content (AvgIpc) is 2.67. The first-order valence-corrected chi connectivity index (χ1v) is 8.48. The molecule has 1 heterocycles. The summed E-state index contributed by atoms with van der Waals surface area (Å²) in [5, 5.41) is 0. The predicted molar refractivity (Wildman–Crippen MR) is 78.5 cm³/mol. The highest BCUT2D eigenvalue weighted by Crippen LogP contribution is 2.28. The van der Waals surface area contributed by atoms with E-state index >= 15 is 0 Å². The van der Waals surface area contributed by atoms with Crippen molar-refractivity contribution in [2.75, 3.05) is 5.73 Å². The monoisotopic (exact) mass is 345 g/mol. The van der Waals surface area contributed by atoms with Crippen LogP contribution in [0.4, 0.5) is 5.69 Å². The van der Waals surface area contributed by atoms with Gasteiger partial charge in [0.25, 0.3) is 0 Å². The molecule has 0 saturated heterocycles. The Morgan fingerprint density at radius 1 is 1.28 bits per heavy atom. The topological polar surface area (TPSA) is 60.2 Å². The maximum absolute atomic E-state index is 12.3. The molecule has 2 rings (SSSR count). The second-order valence-electron chi connectivity index (χ2n) is 3.94. The molecule has 0 aliphatic heterocycles. The van der Waals surface area contributed by atoms with Gasteiger partial charge in [-0.25, -0.2) is 8.42 Å². The van der Waals surface area contributed by atoms with Crippen molar-refractivity contribution in [2.45, 2.75) is 17.6 Å². The molecule has 0 saturated carbocycles. The first kappa shape index (κ1) is 13.6. The van der Waals surface area contributed by atoms with Crippen LogP contribution < -0.4 is 5.73 Å². The molecule has 0 aliphatic rings. The molecular weight excluding hydrogens is 334 g/mol. The Morgan fingerprint density at radius 3 is 2.61 bits per heavy atom. The van der Waals surface area contributed by atoms with Gasteiger partial charge in [0.2, 0.25) is 0 Å². The van der Waals surface area contributed by atoms with Crippen molar-refractivity contribution in [3.63, 3.8) is 0 Å². The van der Waals surface area contributed by atoms with E-state index in [1.807, 2.05) is 12.1 Å². The molecule has 0 aliphatic carbocycles. The third kappa shape index (κ3) is 2.76. The van der Waals surface area contributed by atoms with E-state index in [0.29, 0.717) is 16.1 Å². The number of sulfone groups is 1. The molecular formula is C12H12BrNO2S2. The third-order valence-corrected chi connectivity index (χ3v) is 6.23. The van der Waals surface area contributed by atoms with Crippen LogP contribution >= 0.6 is 27.3 Å². The first-order chi connectivity index (χ1) is 8.40. The molecule has 0 radical (unpaired) electrons. The fourth-order valence-electron chi connectivity index (χ4n) is 1.66. The Bertz CT molecular complexity index is 677. The molecule has 0 amide bonds. The van der Waals surface area contributed by atoms with Gasteiger partial charge < -0.3 is 5.73 Å². The highest BCUT2D eigenvalue weighted by molar-refractivity contribution is 9.11. The van der Waals surface area contributed by atoms with E-state index in [1.165, 1.54) is 11.3 Å². The molecule has 0 atom stereocenters. The van der Waals surface area contributed by atoms with Crippen LogP contribution in [0, 0.1) is 6.92 Å². The number of halogens is 1. The van der Waals surface area contributed by atoms with Gasteiger partial charge in [0.15, 0.2) is 9.84 Å². The van der Waals surface area contributed by atoms with E-state index in [-0.39, 0.29) is 5.75 Å². The van der Waals surface area contributed by atoms with E-state index < -0.39 is 9.84 Å². The fourth-order valence-corrected chi connectivity index (χ4v) is 5.14. The van der Waals surface area contributed by atoms with Gasteiger partial charge in [0.05, 0.1) is 14.4 Å². The zero-order valence-corrected chi connectivity index (χ0v) is 12.9. The lowest BCUT2D eigenvalue weighted by Crippen LogP contribution is -2.07. The number of nitrogens with two attached hydrogens (primary N) is 1. The van der Waals surface area contributed by atoms with Crippen LogP contribution in [0.2, 0.25) is 0 Å². The average molecular weight is 346 g/mol. The minimum absolute atomic E-state index is 0.00750. The predicted octanol–water partition coefficient (Wildman–Crippen LogP) is 3.38. The summed E-state index contributed by atoms with van der Waals surface area (Å²) < 4.78 is 25.6. The molecule has 0 unspecified atom stereocenters. The zero-order valence-electron chi connectivity index (χ0n) is 9.68. The summed E-state index contributed by atoms with van der Waals surface area (Å²) in [5.74, 6) is 0.00750. The van der Waals surface area contributed by atoms with Crippen molar-refractivity contribution in [1.82, 2.24) is 0 Å². The maximum atomic E-state index is 12.3. The Hall–Kier alpha value is -0.850. The lowest BCUT2D eigenvalue weighted by Gasteiger charge is -2.08. The molecule has 2 N–H and O–H groups in total. The van der Waals surface area contributed by atoms with Crippen LogP contribution in [0.15, 0.2) is 39.0 Å². The van der Waals surface area contributed by atoms with Crippen molar-refractivity contribution in [3.8, 4) is 0 Å². The second kappa shape index (κ2) is 5.03. The molecule has 96 valence electrons. The number of benzene rings is 1. The fraction of sp³-hybridized carbons (Fsp3) is 0.167. The molecule has 3 nitrogen and oxygen atoms in total. The highest BCUT2D eigenvalue weighted by atomic mass is 79.9. The van der Waals surface area contributed by atoms with Gasteiger partial charge in [-0.05, 0) is 52.7 Å². The van der Waals surface area contributed by atoms with Crippen LogP contribution in [-0.4, -0.2) is 8.42 Å². The van der Waals surface area contributed by atoms with Crippen molar-refractivity contribution in [3.05, 3.63) is 44.6 Å². The van der Waals surface area contributed by atoms with Crippen molar-refractivity contribution < 1.29 is 8.42 Å². The van der Waals surface area contributed by atoms with Gasteiger partial charge in [-0.2, -0.15) is 0 Å². The lowest BCUT2D eigenvalue weighted by atomic mass is 10.2. The molecule has 0 bridgehead atoms. The number of anilines is 1. The highest BCUT2D eigenvalue weighted by Gasteiger charge is 2.19. The quantitative estimate of drug-likeness (QED) is 0.867. The number of hydrogen-bond acceptors (Lipinski definition) is 4. The molecule has 0 fully saturated rings. The van der Waals surface area contributed by atoms with Crippen LogP contribution in [0.1, 0.15) is 10.4 Å². The molecule has 1 aromatic carbocycles. The Morgan fingerprint density at radius 2 is 2.00 bits per heavy atom. The molecule has 1 aromatic heterocycles. The van der Waals surface area contributed by atoms with E-state index in [1.54, 1.807) is 25.1 Å².